The lowest BCUT2D eigenvalue weighted by Gasteiger charge is -2.25. The molecule has 0 spiro atoms. The van der Waals surface area contributed by atoms with E-state index in [-0.39, 0.29) is 5.91 Å². The Hall–Kier alpha value is -5.17. The van der Waals surface area contributed by atoms with Crippen molar-refractivity contribution in [2.45, 2.75) is 63.8 Å². The molecule has 3 aromatic carbocycles. The zero-order valence-electron chi connectivity index (χ0n) is 26.9. The number of nitrogens with one attached hydrogen (secondary N) is 2. The quantitative estimate of drug-likeness (QED) is 0.136. The summed E-state index contributed by atoms with van der Waals surface area (Å²) in [6, 6.07) is 26.2. The van der Waals surface area contributed by atoms with E-state index in [1.54, 1.807) is 21.0 Å². The highest BCUT2D eigenvalue weighted by molar-refractivity contribution is 5.86. The van der Waals surface area contributed by atoms with Gasteiger partial charge in [-0.1, -0.05) is 60.7 Å². The van der Waals surface area contributed by atoms with E-state index in [4.69, 9.17) is 25.5 Å². The minimum atomic E-state index is -5.08. The van der Waals surface area contributed by atoms with E-state index < -0.39 is 23.7 Å². The van der Waals surface area contributed by atoms with Gasteiger partial charge in [-0.2, -0.15) is 13.2 Å². The van der Waals surface area contributed by atoms with Crippen LogP contribution in [0.2, 0.25) is 0 Å². The third kappa shape index (κ3) is 9.67. The predicted octanol–water partition coefficient (Wildman–Crippen LogP) is 5.57. The fourth-order valence-corrected chi connectivity index (χ4v) is 5.04. The molecule has 5 aromatic rings. The molecule has 0 aliphatic heterocycles. The van der Waals surface area contributed by atoms with Crippen LogP contribution in [-0.4, -0.2) is 55.6 Å². The summed E-state index contributed by atoms with van der Waals surface area (Å²) < 4.78 is 39.2. The molecule has 0 aliphatic rings. The maximum absolute atomic E-state index is 13.2. The summed E-state index contributed by atoms with van der Waals surface area (Å²) in [7, 11) is 1.67. The number of carboxylic acid groups (broad SMARTS) is 1. The molecule has 0 radical (unpaired) electrons. The number of alkyl halides is 3. The molecule has 0 saturated heterocycles. The molecular formula is C35H39F3N6O4. The van der Waals surface area contributed by atoms with Crippen molar-refractivity contribution in [3.8, 4) is 5.75 Å². The number of carboxylic acids is 1. The normalized spacial score (nSPS) is 12.2. The molecule has 0 bridgehead atoms. The number of amides is 1. The van der Waals surface area contributed by atoms with Crippen LogP contribution >= 0.6 is 0 Å². The fraction of sp³-hybridized carbons (Fsp3) is 0.314. The van der Waals surface area contributed by atoms with E-state index in [1.807, 2.05) is 36.5 Å². The largest absolute Gasteiger partial charge is 0.497 e. The number of aliphatic carboxylic acids is 1. The number of benzene rings is 3. The zero-order chi connectivity index (χ0) is 34.9. The van der Waals surface area contributed by atoms with Gasteiger partial charge in [-0.25, -0.2) is 4.79 Å². The topological polar surface area (TPSA) is 148 Å². The summed E-state index contributed by atoms with van der Waals surface area (Å²) >= 11 is 0. The van der Waals surface area contributed by atoms with Gasteiger partial charge < -0.3 is 30.4 Å². The third-order valence-corrected chi connectivity index (χ3v) is 7.66. The van der Waals surface area contributed by atoms with Gasteiger partial charge >= 0.3 is 12.1 Å². The molecule has 1 amide bonds. The van der Waals surface area contributed by atoms with Crippen molar-refractivity contribution >= 4 is 22.8 Å². The third-order valence-electron chi connectivity index (χ3n) is 7.66. The first-order valence-electron chi connectivity index (χ1n) is 15.3. The molecule has 254 valence electrons. The molecule has 2 aromatic heterocycles. The van der Waals surface area contributed by atoms with Gasteiger partial charge in [-0.05, 0) is 61.6 Å². The second-order valence-electron chi connectivity index (χ2n) is 11.8. The molecule has 0 unspecified atom stereocenters. The Balaban J connectivity index is 0.000000671. The summed E-state index contributed by atoms with van der Waals surface area (Å²) in [6.45, 7) is 4.10. The number of ether oxygens (including phenoxy) is 1. The SMILES string of the molecule is COc1ccc(CCn2c(CCc3ccccc3)nnc2[C@@H](Cc2c[nH]c3ccccc23)NC(=O)C(C)(C)N)cc1.O=C(O)C(F)(F)F. The summed E-state index contributed by atoms with van der Waals surface area (Å²) in [5.74, 6) is -0.550. The molecule has 0 aliphatic carbocycles. The second kappa shape index (κ2) is 15.6. The minimum Gasteiger partial charge on any atom is -0.497 e. The summed E-state index contributed by atoms with van der Waals surface area (Å²) in [6.07, 6.45) is -0.174. The van der Waals surface area contributed by atoms with Crippen LogP contribution in [0.15, 0.2) is 85.1 Å². The number of carbonyl (C=O) groups excluding carboxylic acids is 1. The number of aryl methyl sites for hydroxylation is 3. The number of aromatic amines is 1. The van der Waals surface area contributed by atoms with Crippen LogP contribution < -0.4 is 15.8 Å². The maximum atomic E-state index is 13.2. The highest BCUT2D eigenvalue weighted by Crippen LogP contribution is 2.26. The number of rotatable bonds is 12. The van der Waals surface area contributed by atoms with Gasteiger partial charge in [0, 0.05) is 36.5 Å². The molecule has 48 heavy (non-hydrogen) atoms. The van der Waals surface area contributed by atoms with E-state index in [2.05, 4.69) is 68.5 Å². The van der Waals surface area contributed by atoms with Crippen LogP contribution in [0, 0.1) is 0 Å². The summed E-state index contributed by atoms with van der Waals surface area (Å²) in [5.41, 5.74) is 9.74. The lowest BCUT2D eigenvalue weighted by Crippen LogP contribution is -2.50. The first-order valence-corrected chi connectivity index (χ1v) is 15.3. The van der Waals surface area contributed by atoms with Crippen molar-refractivity contribution in [1.29, 1.82) is 0 Å². The van der Waals surface area contributed by atoms with Gasteiger partial charge in [-0.3, -0.25) is 4.79 Å². The monoisotopic (exact) mass is 664 g/mol. The van der Waals surface area contributed by atoms with Gasteiger partial charge in [0.25, 0.3) is 0 Å². The number of carbonyl (C=O) groups is 2. The van der Waals surface area contributed by atoms with Gasteiger partial charge in [0.2, 0.25) is 5.91 Å². The van der Waals surface area contributed by atoms with Crippen molar-refractivity contribution in [2.75, 3.05) is 7.11 Å². The number of fused-ring (bicyclic) bond motifs is 1. The first kappa shape index (κ1) is 35.7. The molecule has 5 N–H and O–H groups in total. The number of H-pyrrole nitrogens is 1. The van der Waals surface area contributed by atoms with E-state index in [0.29, 0.717) is 13.0 Å². The van der Waals surface area contributed by atoms with E-state index in [1.165, 1.54) is 11.1 Å². The smallest absolute Gasteiger partial charge is 0.490 e. The van der Waals surface area contributed by atoms with Gasteiger partial charge in [0.15, 0.2) is 5.82 Å². The maximum Gasteiger partial charge on any atom is 0.490 e. The van der Waals surface area contributed by atoms with E-state index >= 15 is 0 Å². The van der Waals surface area contributed by atoms with Crippen molar-refractivity contribution in [3.63, 3.8) is 0 Å². The Bertz CT molecular complexity index is 1800. The number of aromatic nitrogens is 4. The van der Waals surface area contributed by atoms with Crippen molar-refractivity contribution in [3.05, 3.63) is 113 Å². The number of nitrogens with two attached hydrogens (primary N) is 1. The molecule has 1 atom stereocenters. The van der Waals surface area contributed by atoms with Crippen LogP contribution in [0.1, 0.15) is 48.2 Å². The van der Waals surface area contributed by atoms with Crippen LogP contribution in [-0.2, 0) is 41.8 Å². The highest BCUT2D eigenvalue weighted by atomic mass is 19.4. The second-order valence-corrected chi connectivity index (χ2v) is 11.8. The Morgan fingerprint density at radius 1 is 0.938 bits per heavy atom. The molecule has 5 rings (SSSR count). The molecule has 2 heterocycles. The number of methoxy groups -OCH3 is 1. The Morgan fingerprint density at radius 2 is 1.56 bits per heavy atom. The predicted molar refractivity (Wildman–Crippen MR) is 175 cm³/mol. The average Bonchev–Trinajstić information content (AvgIpc) is 3.66. The molecular weight excluding hydrogens is 625 g/mol. The Kier molecular flexibility index (Phi) is 11.6. The van der Waals surface area contributed by atoms with Crippen molar-refractivity contribution in [2.24, 2.45) is 5.73 Å². The highest BCUT2D eigenvalue weighted by Gasteiger charge is 2.38. The van der Waals surface area contributed by atoms with Crippen molar-refractivity contribution in [1.82, 2.24) is 25.1 Å². The number of hydrogen-bond donors (Lipinski definition) is 4. The molecule has 13 heteroatoms. The molecule has 10 nitrogen and oxygen atoms in total. The average molecular weight is 665 g/mol. The zero-order valence-corrected chi connectivity index (χ0v) is 26.9. The first-order chi connectivity index (χ1) is 22.8. The number of hydrogen-bond acceptors (Lipinski definition) is 6. The van der Waals surface area contributed by atoms with Crippen molar-refractivity contribution < 1.29 is 32.6 Å². The lowest BCUT2D eigenvalue weighted by atomic mass is 10.0. The molecule has 0 fully saturated rings. The van der Waals surface area contributed by atoms with Crippen LogP contribution in [0.3, 0.4) is 0 Å². The lowest BCUT2D eigenvalue weighted by molar-refractivity contribution is -0.192. The van der Waals surface area contributed by atoms with Crippen LogP contribution in [0.25, 0.3) is 10.9 Å². The minimum absolute atomic E-state index is 0.238. The Morgan fingerprint density at radius 3 is 2.19 bits per heavy atom. The summed E-state index contributed by atoms with van der Waals surface area (Å²) in [5, 5.41) is 20.8. The number of para-hydroxylation sites is 1. The van der Waals surface area contributed by atoms with Crippen LogP contribution in [0.5, 0.6) is 5.75 Å². The Labute approximate surface area is 276 Å². The fourth-order valence-electron chi connectivity index (χ4n) is 5.04. The number of halogens is 3. The van der Waals surface area contributed by atoms with E-state index in [9.17, 15) is 18.0 Å². The van der Waals surface area contributed by atoms with Gasteiger partial charge in [-0.15, -0.1) is 10.2 Å². The summed E-state index contributed by atoms with van der Waals surface area (Å²) in [4.78, 5) is 25.4. The molecule has 0 saturated carbocycles. The number of nitrogens with zero attached hydrogens (tertiary/aromatic N) is 3. The van der Waals surface area contributed by atoms with Gasteiger partial charge in [0.1, 0.15) is 11.6 Å². The van der Waals surface area contributed by atoms with E-state index in [0.717, 1.165) is 53.1 Å². The van der Waals surface area contributed by atoms with Crippen LogP contribution in [0.4, 0.5) is 13.2 Å². The van der Waals surface area contributed by atoms with Gasteiger partial charge in [0.05, 0.1) is 18.7 Å². The standard InChI is InChI=1S/C33H38N6O2.C2HF3O2/c1-33(2,34)32(40)36-29(21-25-22-35-28-12-8-7-11-27(25)28)31-38-37-30(18-15-23-9-5-4-6-10-23)39(31)20-19-24-13-16-26(41-3)17-14-24;3-2(4,5)1(6)7/h4-14,16-17,22,29,35H,15,18-21,34H2,1-3H3,(H,36,40);(H,6,7)/t29-;/m1./s1.